The molecule has 2 atom stereocenters. The lowest BCUT2D eigenvalue weighted by atomic mass is 9.96. The second-order valence-electron chi connectivity index (χ2n) is 9.04. The van der Waals surface area contributed by atoms with Crippen molar-refractivity contribution >= 4 is 22.8 Å². The Hall–Kier alpha value is -3.94. The van der Waals surface area contributed by atoms with Gasteiger partial charge < -0.3 is 10.0 Å². The Morgan fingerprint density at radius 3 is 2.74 bits per heavy atom. The first-order chi connectivity index (χ1) is 16.3. The quantitative estimate of drug-likeness (QED) is 0.476. The van der Waals surface area contributed by atoms with E-state index in [-0.39, 0.29) is 18.0 Å². The summed E-state index contributed by atoms with van der Waals surface area (Å²) in [7, 11) is 2.07. The average molecular weight is 458 g/mol. The summed E-state index contributed by atoms with van der Waals surface area (Å²) in [5, 5.41) is 9.66. The molecular formula is C26H27N5O3. The number of aromatic nitrogens is 4. The molecule has 0 saturated carbocycles. The molecule has 0 amide bonds. The molecule has 1 aliphatic rings. The molecule has 1 unspecified atom stereocenters. The molecule has 1 N–H and O–H groups in total. The summed E-state index contributed by atoms with van der Waals surface area (Å²) < 4.78 is 3.29. The topological polar surface area (TPSA) is 93.3 Å². The summed E-state index contributed by atoms with van der Waals surface area (Å²) in [5.74, 6) is -0.855. The zero-order valence-corrected chi connectivity index (χ0v) is 19.5. The average Bonchev–Trinajstić information content (AvgIpc) is 3.27. The maximum Gasteiger partial charge on any atom is 0.330 e. The number of imidazole rings is 1. The highest BCUT2D eigenvalue weighted by atomic mass is 16.4. The molecule has 0 saturated heterocycles. The van der Waals surface area contributed by atoms with Crippen LogP contribution in [0.4, 0.5) is 5.69 Å². The molecule has 0 radical (unpaired) electrons. The van der Waals surface area contributed by atoms with Crippen LogP contribution < -0.4 is 10.6 Å². The molecule has 0 aliphatic carbocycles. The van der Waals surface area contributed by atoms with Crippen LogP contribution in [0.2, 0.25) is 0 Å². The molecule has 5 rings (SSSR count). The van der Waals surface area contributed by atoms with E-state index < -0.39 is 12.0 Å². The first-order valence-corrected chi connectivity index (χ1v) is 11.4. The number of fused-ring (bicyclic) bond motifs is 2. The molecule has 1 aromatic carbocycles. The van der Waals surface area contributed by atoms with E-state index in [1.54, 1.807) is 29.1 Å². The lowest BCUT2D eigenvalue weighted by molar-refractivity contribution is -0.137. The SMILES string of the molecule is Cc1ccc2c(n1)n([C@H](CC(=O)O)c1cccnc1)c(=O)n2CC1CN(C)c2cccc(C)c21. The van der Waals surface area contributed by atoms with E-state index in [4.69, 9.17) is 0 Å². The molecule has 3 aromatic heterocycles. The van der Waals surface area contributed by atoms with Gasteiger partial charge in [0.05, 0.1) is 18.0 Å². The summed E-state index contributed by atoms with van der Waals surface area (Å²) >= 11 is 0. The van der Waals surface area contributed by atoms with Gasteiger partial charge in [-0.2, -0.15) is 0 Å². The predicted molar refractivity (Wildman–Crippen MR) is 131 cm³/mol. The normalized spacial score (nSPS) is 16.1. The van der Waals surface area contributed by atoms with Crippen molar-refractivity contribution < 1.29 is 9.90 Å². The second-order valence-corrected chi connectivity index (χ2v) is 9.04. The minimum absolute atomic E-state index is 0.135. The molecule has 1 aliphatic heterocycles. The molecule has 34 heavy (non-hydrogen) atoms. The molecule has 0 spiro atoms. The van der Waals surface area contributed by atoms with Gasteiger partial charge in [-0.3, -0.25) is 18.9 Å². The summed E-state index contributed by atoms with van der Waals surface area (Å²) in [6, 6.07) is 12.9. The Balaban J connectivity index is 1.68. The molecule has 4 aromatic rings. The van der Waals surface area contributed by atoms with Crippen molar-refractivity contribution in [1.82, 2.24) is 19.1 Å². The van der Waals surface area contributed by atoms with Crippen molar-refractivity contribution in [3.05, 3.63) is 87.7 Å². The highest BCUT2D eigenvalue weighted by Gasteiger charge is 2.31. The number of carboxylic acid groups (broad SMARTS) is 1. The number of aryl methyl sites for hydroxylation is 2. The van der Waals surface area contributed by atoms with Gasteiger partial charge in [-0.05, 0) is 54.8 Å². The van der Waals surface area contributed by atoms with Crippen molar-refractivity contribution in [2.24, 2.45) is 0 Å². The number of hydrogen-bond acceptors (Lipinski definition) is 5. The van der Waals surface area contributed by atoms with Gasteiger partial charge in [0, 0.05) is 49.8 Å². The maximum atomic E-state index is 13.9. The van der Waals surface area contributed by atoms with Crippen LogP contribution in [0, 0.1) is 13.8 Å². The third-order valence-electron chi connectivity index (χ3n) is 6.72. The number of rotatable bonds is 6. The number of pyridine rings is 2. The van der Waals surface area contributed by atoms with E-state index >= 15 is 0 Å². The van der Waals surface area contributed by atoms with E-state index in [0.29, 0.717) is 23.3 Å². The van der Waals surface area contributed by atoms with Crippen LogP contribution in [0.1, 0.15) is 40.8 Å². The first-order valence-electron chi connectivity index (χ1n) is 11.4. The molecule has 8 nitrogen and oxygen atoms in total. The Morgan fingerprint density at radius 2 is 2.00 bits per heavy atom. The van der Waals surface area contributed by atoms with Gasteiger partial charge in [0.15, 0.2) is 5.65 Å². The fourth-order valence-corrected chi connectivity index (χ4v) is 5.22. The lowest BCUT2D eigenvalue weighted by Gasteiger charge is -2.17. The Labute approximate surface area is 197 Å². The standard InChI is InChI=1S/C26H27N5O3/c1-16-6-4-8-20-24(16)19(14-29(20)3)15-30-21-10-9-17(2)28-25(21)31(26(30)34)22(12-23(32)33)18-7-5-11-27-13-18/h4-11,13,19,22H,12,14-15H2,1-3H3,(H,32,33)/t19?,22-/m1/s1. The zero-order valence-electron chi connectivity index (χ0n) is 19.5. The third kappa shape index (κ3) is 3.65. The van der Waals surface area contributed by atoms with E-state index in [2.05, 4.69) is 47.0 Å². The lowest BCUT2D eigenvalue weighted by Crippen LogP contribution is -2.31. The van der Waals surface area contributed by atoms with Gasteiger partial charge in [0.1, 0.15) is 0 Å². The van der Waals surface area contributed by atoms with Crippen molar-refractivity contribution in [2.75, 3.05) is 18.5 Å². The second kappa shape index (κ2) is 8.44. The number of likely N-dealkylation sites (N-methyl/N-ethyl adjacent to an activating group) is 1. The largest absolute Gasteiger partial charge is 0.481 e. The van der Waals surface area contributed by atoms with Crippen LogP contribution in [-0.2, 0) is 11.3 Å². The predicted octanol–water partition coefficient (Wildman–Crippen LogP) is 3.51. The number of benzene rings is 1. The smallest absolute Gasteiger partial charge is 0.330 e. The molecule has 174 valence electrons. The minimum Gasteiger partial charge on any atom is -0.481 e. The van der Waals surface area contributed by atoms with E-state index in [1.165, 1.54) is 21.4 Å². The summed E-state index contributed by atoms with van der Waals surface area (Å²) in [6.45, 7) is 5.27. The van der Waals surface area contributed by atoms with Crippen molar-refractivity contribution in [1.29, 1.82) is 0 Å². The highest BCUT2D eigenvalue weighted by molar-refractivity contribution is 5.74. The van der Waals surface area contributed by atoms with Crippen molar-refractivity contribution in [3.8, 4) is 0 Å². The van der Waals surface area contributed by atoms with Crippen molar-refractivity contribution in [2.45, 2.75) is 38.8 Å². The molecular weight excluding hydrogens is 430 g/mol. The maximum absolute atomic E-state index is 13.9. The van der Waals surface area contributed by atoms with Gasteiger partial charge in [-0.25, -0.2) is 9.78 Å². The molecule has 4 heterocycles. The monoisotopic (exact) mass is 457 g/mol. The Kier molecular flexibility index (Phi) is 5.43. The number of carbonyl (C=O) groups is 1. The summed E-state index contributed by atoms with van der Waals surface area (Å²) in [4.78, 5) is 36.8. The Bertz CT molecular complexity index is 1440. The van der Waals surface area contributed by atoms with Crippen LogP contribution in [0.25, 0.3) is 11.2 Å². The summed E-state index contributed by atoms with van der Waals surface area (Å²) in [5.41, 5.74) is 6.03. The fraction of sp³-hybridized carbons (Fsp3) is 0.308. The number of nitrogens with zero attached hydrogens (tertiary/aromatic N) is 5. The van der Waals surface area contributed by atoms with Gasteiger partial charge in [0.2, 0.25) is 0 Å². The number of hydrogen-bond donors (Lipinski definition) is 1. The fourth-order valence-electron chi connectivity index (χ4n) is 5.22. The molecule has 8 heteroatoms. The van der Waals surface area contributed by atoms with Crippen LogP contribution in [0.3, 0.4) is 0 Å². The van der Waals surface area contributed by atoms with Crippen molar-refractivity contribution in [3.63, 3.8) is 0 Å². The highest BCUT2D eigenvalue weighted by Crippen LogP contribution is 2.38. The van der Waals surface area contributed by atoms with E-state index in [0.717, 1.165) is 12.2 Å². The van der Waals surface area contributed by atoms with Crippen LogP contribution >= 0.6 is 0 Å². The van der Waals surface area contributed by atoms with Gasteiger partial charge in [-0.1, -0.05) is 18.2 Å². The van der Waals surface area contributed by atoms with Crippen LogP contribution in [0.15, 0.2) is 59.7 Å². The minimum atomic E-state index is -0.990. The van der Waals surface area contributed by atoms with Crippen LogP contribution in [-0.4, -0.2) is 43.8 Å². The number of anilines is 1. The van der Waals surface area contributed by atoms with E-state index in [1.807, 2.05) is 19.1 Å². The summed E-state index contributed by atoms with van der Waals surface area (Å²) in [6.07, 6.45) is 3.01. The Morgan fingerprint density at radius 1 is 1.18 bits per heavy atom. The zero-order chi connectivity index (χ0) is 24.0. The number of carboxylic acids is 1. The van der Waals surface area contributed by atoms with Gasteiger partial charge >= 0.3 is 11.7 Å². The molecule has 0 bridgehead atoms. The number of aliphatic carboxylic acids is 1. The first kappa shape index (κ1) is 21.9. The van der Waals surface area contributed by atoms with Crippen LogP contribution in [0.5, 0.6) is 0 Å². The van der Waals surface area contributed by atoms with E-state index in [9.17, 15) is 14.7 Å². The van der Waals surface area contributed by atoms with Gasteiger partial charge in [0.25, 0.3) is 0 Å². The molecule has 0 fully saturated rings. The van der Waals surface area contributed by atoms with Gasteiger partial charge in [-0.15, -0.1) is 0 Å². The third-order valence-corrected chi connectivity index (χ3v) is 6.72.